The molecule has 0 N–H and O–H groups in total. The van der Waals surface area contributed by atoms with Gasteiger partial charge in [-0.3, -0.25) is 0 Å². The molecule has 0 nitrogen and oxygen atoms in total. The van der Waals surface area contributed by atoms with Crippen LogP contribution in [-0.2, 0) is 0 Å². The highest BCUT2D eigenvalue weighted by Gasteiger charge is 2.21. The predicted octanol–water partition coefficient (Wildman–Crippen LogP) is 15.1. The molecule has 0 aromatic heterocycles. The van der Waals surface area contributed by atoms with E-state index >= 15 is 0 Å². The Kier molecular flexibility index (Phi) is 7.93. The Morgan fingerprint density at radius 1 is 0.185 bits per heavy atom. The van der Waals surface area contributed by atoms with Gasteiger partial charge in [-0.15, -0.1) is 0 Å². The Balaban J connectivity index is 1.35. The van der Waals surface area contributed by atoms with Gasteiger partial charge in [-0.1, -0.05) is 182 Å². The molecule has 0 saturated carbocycles. The second-order valence-corrected chi connectivity index (χ2v) is 14.1. The van der Waals surface area contributed by atoms with Crippen molar-refractivity contribution in [3.8, 4) is 66.8 Å². The third-order valence-corrected chi connectivity index (χ3v) is 10.8. The molecule has 0 aliphatic rings. The van der Waals surface area contributed by atoms with E-state index in [0.29, 0.717) is 0 Å². The van der Waals surface area contributed by atoms with Crippen molar-refractivity contribution in [2.24, 2.45) is 0 Å². The summed E-state index contributed by atoms with van der Waals surface area (Å²) in [5.41, 5.74) is 14.6. The van der Waals surface area contributed by atoms with Gasteiger partial charge in [-0.2, -0.15) is 0 Å². The van der Waals surface area contributed by atoms with Gasteiger partial charge in [0.25, 0.3) is 0 Å². The fourth-order valence-electron chi connectivity index (χ4n) is 8.26. The molecule has 54 heavy (non-hydrogen) atoms. The standard InChI is InChI=1S/C54H36/c1-5-17-37(18-6-1)43-29-30-49-51(36-43)54(52-35-42-26-14-13-25-41(42)34-50(52)40-23-11-4-12-24-40)48-28-16-15-27-47(48)53(49)46-32-44(38-19-7-2-8-20-38)31-45(33-46)39-21-9-3-10-22-39/h1-36H. The fourth-order valence-corrected chi connectivity index (χ4v) is 8.26. The maximum Gasteiger partial charge on any atom is -0.00197 e. The summed E-state index contributed by atoms with van der Waals surface area (Å²) in [6, 6.07) is 80.0. The van der Waals surface area contributed by atoms with Crippen LogP contribution in [0.3, 0.4) is 0 Å². The lowest BCUT2D eigenvalue weighted by Crippen LogP contribution is -1.95. The van der Waals surface area contributed by atoms with Gasteiger partial charge in [0.15, 0.2) is 0 Å². The first kappa shape index (κ1) is 31.7. The van der Waals surface area contributed by atoms with E-state index in [1.54, 1.807) is 0 Å². The van der Waals surface area contributed by atoms with Crippen LogP contribution in [0, 0.1) is 0 Å². The van der Waals surface area contributed by atoms with Gasteiger partial charge >= 0.3 is 0 Å². The predicted molar refractivity (Wildman–Crippen MR) is 232 cm³/mol. The Hall–Kier alpha value is -7.02. The van der Waals surface area contributed by atoms with Gasteiger partial charge in [0.1, 0.15) is 0 Å². The Morgan fingerprint density at radius 2 is 0.593 bits per heavy atom. The molecule has 0 amide bonds. The molecule has 252 valence electrons. The van der Waals surface area contributed by atoms with Crippen molar-refractivity contribution in [2.75, 3.05) is 0 Å². The molecule has 0 spiro atoms. The van der Waals surface area contributed by atoms with E-state index in [2.05, 4.69) is 218 Å². The van der Waals surface area contributed by atoms with E-state index in [0.717, 1.165) is 0 Å². The van der Waals surface area contributed by atoms with Gasteiger partial charge in [0.05, 0.1) is 0 Å². The summed E-state index contributed by atoms with van der Waals surface area (Å²) in [4.78, 5) is 0. The molecule has 0 aliphatic heterocycles. The quantitative estimate of drug-likeness (QED) is 0.153. The van der Waals surface area contributed by atoms with Crippen LogP contribution < -0.4 is 0 Å². The molecule has 0 unspecified atom stereocenters. The zero-order chi connectivity index (χ0) is 35.8. The molecule has 10 aromatic carbocycles. The minimum Gasteiger partial charge on any atom is -0.0622 e. The van der Waals surface area contributed by atoms with Crippen molar-refractivity contribution in [1.29, 1.82) is 0 Å². The van der Waals surface area contributed by atoms with Gasteiger partial charge in [0, 0.05) is 0 Å². The first-order chi connectivity index (χ1) is 26.8. The number of hydrogen-bond donors (Lipinski definition) is 0. The first-order valence-electron chi connectivity index (χ1n) is 18.7. The summed E-state index contributed by atoms with van der Waals surface area (Å²) in [7, 11) is 0. The lowest BCUT2D eigenvalue weighted by molar-refractivity contribution is 1.58. The highest BCUT2D eigenvalue weighted by Crippen LogP contribution is 2.49. The lowest BCUT2D eigenvalue weighted by Gasteiger charge is -2.22. The molecule has 0 fully saturated rings. The van der Waals surface area contributed by atoms with E-state index < -0.39 is 0 Å². The summed E-state index contributed by atoms with van der Waals surface area (Å²) >= 11 is 0. The van der Waals surface area contributed by atoms with Crippen LogP contribution in [0.1, 0.15) is 0 Å². The molecule has 10 aromatic rings. The molecule has 0 saturated heterocycles. The van der Waals surface area contributed by atoms with E-state index in [9.17, 15) is 0 Å². The molecule has 0 aliphatic carbocycles. The van der Waals surface area contributed by atoms with Crippen LogP contribution in [0.25, 0.3) is 99.1 Å². The normalized spacial score (nSPS) is 11.3. The first-order valence-corrected chi connectivity index (χ1v) is 18.7. The monoisotopic (exact) mass is 684 g/mol. The topological polar surface area (TPSA) is 0 Å². The molecular weight excluding hydrogens is 649 g/mol. The largest absolute Gasteiger partial charge is 0.0622 e. The zero-order valence-electron chi connectivity index (χ0n) is 29.8. The van der Waals surface area contributed by atoms with Crippen molar-refractivity contribution < 1.29 is 0 Å². The average Bonchev–Trinajstić information content (AvgIpc) is 3.26. The van der Waals surface area contributed by atoms with Crippen LogP contribution in [0.5, 0.6) is 0 Å². The van der Waals surface area contributed by atoms with Crippen LogP contribution in [0.15, 0.2) is 218 Å². The van der Waals surface area contributed by atoms with Crippen molar-refractivity contribution in [3.63, 3.8) is 0 Å². The van der Waals surface area contributed by atoms with Crippen LogP contribution in [-0.4, -0.2) is 0 Å². The average molecular weight is 685 g/mol. The van der Waals surface area contributed by atoms with Gasteiger partial charge in [-0.25, -0.2) is 0 Å². The Morgan fingerprint density at radius 3 is 1.15 bits per heavy atom. The summed E-state index contributed by atoms with van der Waals surface area (Å²) in [6.45, 7) is 0. The molecule has 0 heteroatoms. The van der Waals surface area contributed by atoms with Crippen LogP contribution in [0.4, 0.5) is 0 Å². The Labute approximate surface area is 316 Å². The molecule has 10 rings (SSSR count). The lowest BCUT2D eigenvalue weighted by atomic mass is 9.81. The van der Waals surface area contributed by atoms with Crippen molar-refractivity contribution in [1.82, 2.24) is 0 Å². The van der Waals surface area contributed by atoms with E-state index in [-0.39, 0.29) is 0 Å². The van der Waals surface area contributed by atoms with Crippen molar-refractivity contribution in [3.05, 3.63) is 218 Å². The number of benzene rings is 10. The number of fused-ring (bicyclic) bond motifs is 3. The van der Waals surface area contributed by atoms with Gasteiger partial charge in [0.2, 0.25) is 0 Å². The van der Waals surface area contributed by atoms with Crippen LogP contribution in [0.2, 0.25) is 0 Å². The molecule has 0 heterocycles. The van der Waals surface area contributed by atoms with Gasteiger partial charge in [-0.05, 0) is 135 Å². The van der Waals surface area contributed by atoms with Crippen molar-refractivity contribution in [2.45, 2.75) is 0 Å². The minimum absolute atomic E-state index is 1.20. The van der Waals surface area contributed by atoms with E-state index in [1.165, 1.54) is 99.1 Å². The smallest absolute Gasteiger partial charge is 0.00197 e. The fraction of sp³-hybridized carbons (Fsp3) is 0. The summed E-state index contributed by atoms with van der Waals surface area (Å²) < 4.78 is 0. The second-order valence-electron chi connectivity index (χ2n) is 14.1. The zero-order valence-corrected chi connectivity index (χ0v) is 29.8. The third-order valence-electron chi connectivity index (χ3n) is 10.8. The minimum atomic E-state index is 1.20. The molecule has 0 bridgehead atoms. The van der Waals surface area contributed by atoms with E-state index in [4.69, 9.17) is 0 Å². The maximum absolute atomic E-state index is 2.43. The van der Waals surface area contributed by atoms with Crippen LogP contribution >= 0.6 is 0 Å². The third kappa shape index (κ3) is 5.66. The number of rotatable bonds is 6. The number of hydrogen-bond acceptors (Lipinski definition) is 0. The highest BCUT2D eigenvalue weighted by molar-refractivity contribution is 6.23. The summed E-state index contributed by atoms with van der Waals surface area (Å²) in [5, 5.41) is 7.42. The van der Waals surface area contributed by atoms with E-state index in [1.807, 2.05) is 0 Å². The highest BCUT2D eigenvalue weighted by atomic mass is 14.2. The van der Waals surface area contributed by atoms with Crippen molar-refractivity contribution >= 4 is 32.3 Å². The molecular formula is C54H36. The van der Waals surface area contributed by atoms with Gasteiger partial charge < -0.3 is 0 Å². The maximum atomic E-state index is 2.43. The summed E-state index contributed by atoms with van der Waals surface area (Å²) in [5.74, 6) is 0. The Bertz CT molecular complexity index is 2890. The molecule has 0 atom stereocenters. The SMILES string of the molecule is c1ccc(-c2cc(-c3ccccc3)cc(-c3c4ccccc4c(-c4cc5ccccc5cc4-c4ccccc4)c4cc(-c5ccccc5)ccc34)c2)cc1. The second kappa shape index (κ2) is 13.5. The molecule has 0 radical (unpaired) electrons. The summed E-state index contributed by atoms with van der Waals surface area (Å²) in [6.07, 6.45) is 0.